The van der Waals surface area contributed by atoms with E-state index >= 15 is 0 Å². The van der Waals surface area contributed by atoms with E-state index in [9.17, 15) is 4.79 Å². The third-order valence-corrected chi connectivity index (χ3v) is 2.16. The van der Waals surface area contributed by atoms with E-state index in [1.165, 1.54) is 0 Å². The maximum atomic E-state index is 10.2. The van der Waals surface area contributed by atoms with Crippen LogP contribution in [0.4, 0.5) is 0 Å². The molecule has 0 aliphatic carbocycles. The van der Waals surface area contributed by atoms with E-state index in [2.05, 4.69) is 0 Å². The molecule has 1 atom stereocenters. The quantitative estimate of drug-likeness (QED) is 0.564. The molecular formula is C7H12Cl3NO3. The Morgan fingerprint density at radius 2 is 2.07 bits per heavy atom. The Hall–Kier alpha value is 0.260. The summed E-state index contributed by atoms with van der Waals surface area (Å²) < 4.78 is 3.55. The molecule has 0 aliphatic rings. The van der Waals surface area contributed by atoms with Gasteiger partial charge in [0.2, 0.25) is 3.79 Å². The van der Waals surface area contributed by atoms with Crippen LogP contribution in [0.1, 0.15) is 12.8 Å². The van der Waals surface area contributed by atoms with Gasteiger partial charge in [-0.15, -0.1) is 0 Å². The third kappa shape index (κ3) is 6.68. The Balaban J connectivity index is 3.69. The summed E-state index contributed by atoms with van der Waals surface area (Å²) in [5.41, 5.74) is 5.31. The van der Waals surface area contributed by atoms with Gasteiger partial charge in [-0.1, -0.05) is 34.8 Å². The summed E-state index contributed by atoms with van der Waals surface area (Å²) in [5, 5.41) is 8.34. The van der Waals surface area contributed by atoms with Crippen molar-refractivity contribution in [2.45, 2.75) is 22.7 Å². The van der Waals surface area contributed by atoms with Crippen LogP contribution in [0, 0.1) is 0 Å². The monoisotopic (exact) mass is 263 g/mol. The Labute approximate surface area is 97.2 Å². The average molecular weight is 265 g/mol. The van der Waals surface area contributed by atoms with Gasteiger partial charge in [0.1, 0.15) is 6.10 Å². The van der Waals surface area contributed by atoms with Crippen LogP contribution < -0.4 is 5.73 Å². The zero-order chi connectivity index (χ0) is 11.2. The van der Waals surface area contributed by atoms with Crippen molar-refractivity contribution in [3.63, 3.8) is 0 Å². The van der Waals surface area contributed by atoms with Crippen LogP contribution in [0.15, 0.2) is 0 Å². The second kappa shape index (κ2) is 6.69. The fourth-order valence-corrected chi connectivity index (χ4v) is 1.20. The summed E-state index contributed by atoms with van der Waals surface area (Å²) >= 11 is 16.7. The number of halogens is 3. The SMILES string of the molecule is NC[C@H](OCCCC(=O)O)C(Cl)(Cl)Cl. The van der Waals surface area contributed by atoms with Gasteiger partial charge < -0.3 is 15.6 Å². The largest absolute Gasteiger partial charge is 0.481 e. The Morgan fingerprint density at radius 3 is 2.43 bits per heavy atom. The van der Waals surface area contributed by atoms with E-state index in [0.29, 0.717) is 6.42 Å². The maximum Gasteiger partial charge on any atom is 0.303 e. The number of rotatable bonds is 6. The van der Waals surface area contributed by atoms with E-state index in [1.54, 1.807) is 0 Å². The lowest BCUT2D eigenvalue weighted by Gasteiger charge is -2.22. The molecule has 0 unspecified atom stereocenters. The molecule has 0 aromatic carbocycles. The molecule has 0 rings (SSSR count). The predicted molar refractivity (Wildman–Crippen MR) is 56.0 cm³/mol. The summed E-state index contributed by atoms with van der Waals surface area (Å²) in [5.74, 6) is -0.883. The van der Waals surface area contributed by atoms with Crippen molar-refractivity contribution in [3.8, 4) is 0 Å². The van der Waals surface area contributed by atoms with Crippen molar-refractivity contribution >= 4 is 40.8 Å². The first-order valence-electron chi connectivity index (χ1n) is 3.98. The number of nitrogens with two attached hydrogens (primary N) is 1. The molecule has 3 N–H and O–H groups in total. The number of aliphatic carboxylic acids is 1. The molecular weight excluding hydrogens is 252 g/mol. The second-order valence-corrected chi connectivity index (χ2v) is 5.00. The molecule has 0 amide bonds. The van der Waals surface area contributed by atoms with Crippen LogP contribution in [0.3, 0.4) is 0 Å². The van der Waals surface area contributed by atoms with Gasteiger partial charge in [0, 0.05) is 19.6 Å². The van der Waals surface area contributed by atoms with Crippen molar-refractivity contribution in [3.05, 3.63) is 0 Å². The fourth-order valence-electron chi connectivity index (χ4n) is 0.745. The molecule has 0 spiro atoms. The number of hydrogen-bond donors (Lipinski definition) is 2. The first-order valence-corrected chi connectivity index (χ1v) is 5.11. The lowest BCUT2D eigenvalue weighted by molar-refractivity contribution is -0.137. The van der Waals surface area contributed by atoms with E-state index in [1.807, 2.05) is 0 Å². The number of carboxylic acids is 1. The molecule has 0 radical (unpaired) electrons. The van der Waals surface area contributed by atoms with E-state index in [-0.39, 0.29) is 19.6 Å². The first-order chi connectivity index (χ1) is 6.38. The highest BCUT2D eigenvalue weighted by Crippen LogP contribution is 2.31. The maximum absolute atomic E-state index is 10.2. The first kappa shape index (κ1) is 14.3. The Bertz CT molecular complexity index is 184. The molecule has 0 aromatic heterocycles. The molecule has 0 aromatic rings. The molecule has 0 aliphatic heterocycles. The standard InChI is InChI=1S/C7H12Cl3NO3/c8-7(9,10)5(4-11)14-3-1-2-6(12)13/h5H,1-4,11H2,(H,12,13)/t5-/m0/s1. The minimum absolute atomic E-state index is 0.0249. The van der Waals surface area contributed by atoms with Crippen molar-refractivity contribution in [2.75, 3.05) is 13.2 Å². The van der Waals surface area contributed by atoms with Gasteiger partial charge in [0.05, 0.1) is 0 Å². The van der Waals surface area contributed by atoms with Crippen LogP contribution >= 0.6 is 34.8 Å². The number of carbonyl (C=O) groups is 1. The minimum Gasteiger partial charge on any atom is -0.481 e. The molecule has 84 valence electrons. The number of hydrogen-bond acceptors (Lipinski definition) is 3. The zero-order valence-corrected chi connectivity index (χ0v) is 9.65. The van der Waals surface area contributed by atoms with E-state index < -0.39 is 15.9 Å². The zero-order valence-electron chi connectivity index (χ0n) is 7.38. The molecule has 0 heterocycles. The van der Waals surface area contributed by atoms with Crippen molar-refractivity contribution in [1.82, 2.24) is 0 Å². The van der Waals surface area contributed by atoms with Crippen LogP contribution in [0.5, 0.6) is 0 Å². The normalized spacial score (nSPS) is 14.0. The highest BCUT2D eigenvalue weighted by atomic mass is 35.6. The van der Waals surface area contributed by atoms with Crippen molar-refractivity contribution in [1.29, 1.82) is 0 Å². The molecule has 0 saturated carbocycles. The third-order valence-electron chi connectivity index (χ3n) is 1.43. The Kier molecular flexibility index (Phi) is 6.81. The van der Waals surface area contributed by atoms with Gasteiger partial charge in [0.25, 0.3) is 0 Å². The van der Waals surface area contributed by atoms with Gasteiger partial charge in [-0.25, -0.2) is 0 Å². The average Bonchev–Trinajstić information content (AvgIpc) is 2.01. The highest BCUT2D eigenvalue weighted by Gasteiger charge is 2.32. The summed E-state index contributed by atoms with van der Waals surface area (Å²) in [6.07, 6.45) is -0.315. The molecule has 14 heavy (non-hydrogen) atoms. The molecule has 7 heteroatoms. The van der Waals surface area contributed by atoms with Gasteiger partial charge in [-0.05, 0) is 6.42 Å². The topological polar surface area (TPSA) is 72.5 Å². The molecule has 0 saturated heterocycles. The smallest absolute Gasteiger partial charge is 0.303 e. The van der Waals surface area contributed by atoms with Crippen LogP contribution in [0.25, 0.3) is 0 Å². The summed E-state index contributed by atoms with van der Waals surface area (Å²) in [7, 11) is 0. The number of carboxylic acid groups (broad SMARTS) is 1. The summed E-state index contributed by atoms with van der Waals surface area (Å²) in [6, 6.07) is 0. The molecule has 4 nitrogen and oxygen atoms in total. The fraction of sp³-hybridized carbons (Fsp3) is 0.857. The van der Waals surface area contributed by atoms with Crippen molar-refractivity contribution < 1.29 is 14.6 Å². The number of ether oxygens (including phenoxy) is 1. The van der Waals surface area contributed by atoms with Crippen LogP contribution in [0.2, 0.25) is 0 Å². The predicted octanol–water partition coefficient (Wildman–Crippen LogP) is 1.57. The van der Waals surface area contributed by atoms with Crippen LogP contribution in [-0.4, -0.2) is 34.1 Å². The van der Waals surface area contributed by atoms with Gasteiger partial charge in [-0.3, -0.25) is 4.79 Å². The molecule has 0 fully saturated rings. The van der Waals surface area contributed by atoms with E-state index in [4.69, 9.17) is 50.4 Å². The lowest BCUT2D eigenvalue weighted by atomic mass is 10.3. The number of alkyl halides is 3. The van der Waals surface area contributed by atoms with Gasteiger partial charge in [0.15, 0.2) is 0 Å². The van der Waals surface area contributed by atoms with Gasteiger partial charge >= 0.3 is 5.97 Å². The van der Waals surface area contributed by atoms with E-state index in [0.717, 1.165) is 0 Å². The minimum atomic E-state index is -1.57. The second-order valence-electron chi connectivity index (χ2n) is 2.63. The Morgan fingerprint density at radius 1 is 1.50 bits per heavy atom. The van der Waals surface area contributed by atoms with Gasteiger partial charge in [-0.2, -0.15) is 0 Å². The van der Waals surface area contributed by atoms with Crippen LogP contribution in [-0.2, 0) is 9.53 Å². The van der Waals surface area contributed by atoms with Crippen molar-refractivity contribution in [2.24, 2.45) is 5.73 Å². The highest BCUT2D eigenvalue weighted by molar-refractivity contribution is 6.68. The summed E-state index contributed by atoms with van der Waals surface area (Å²) in [6.45, 7) is 0.283. The summed E-state index contributed by atoms with van der Waals surface area (Å²) in [4.78, 5) is 10.2. The lowest BCUT2D eigenvalue weighted by Crippen LogP contribution is -2.36. The molecule has 0 bridgehead atoms.